The summed E-state index contributed by atoms with van der Waals surface area (Å²) in [5.41, 5.74) is 2.40. The minimum absolute atomic E-state index is 0.145. The Bertz CT molecular complexity index is 896. The molecule has 1 atom stereocenters. The van der Waals surface area contributed by atoms with Crippen molar-refractivity contribution in [2.24, 2.45) is 13.0 Å². The molecule has 3 N–H and O–H groups in total. The van der Waals surface area contributed by atoms with Crippen LogP contribution in [0, 0.1) is 5.92 Å². The van der Waals surface area contributed by atoms with Crippen molar-refractivity contribution in [2.75, 3.05) is 0 Å². The zero-order chi connectivity index (χ0) is 18.1. The number of hydrogen-bond acceptors (Lipinski definition) is 4. The standard InChI is InChI=1S/C19H21N5O2/c1-24-11-15(10-22-24)17(14-8-16(25)9-14)23-19(26)13-4-2-3-12(7-13)18-20-5-6-21-18/h2-7,10-11,14,16-17,25H,8-9H2,1H3,(H,20,21)(H,23,26). The smallest absolute Gasteiger partial charge is 0.251 e. The van der Waals surface area contributed by atoms with Gasteiger partial charge in [-0.05, 0) is 30.9 Å². The first-order valence-electron chi connectivity index (χ1n) is 8.67. The Morgan fingerprint density at radius 1 is 1.42 bits per heavy atom. The van der Waals surface area contributed by atoms with Crippen molar-refractivity contribution in [3.63, 3.8) is 0 Å². The summed E-state index contributed by atoms with van der Waals surface area (Å²) in [7, 11) is 1.85. The number of benzene rings is 1. The second-order valence-corrected chi connectivity index (χ2v) is 6.80. The van der Waals surface area contributed by atoms with Crippen molar-refractivity contribution in [1.82, 2.24) is 25.1 Å². The Morgan fingerprint density at radius 2 is 2.27 bits per heavy atom. The van der Waals surface area contributed by atoms with Crippen molar-refractivity contribution in [3.05, 3.63) is 60.2 Å². The first-order chi connectivity index (χ1) is 12.6. The van der Waals surface area contributed by atoms with Crippen molar-refractivity contribution in [3.8, 4) is 11.4 Å². The fourth-order valence-corrected chi connectivity index (χ4v) is 3.43. The average Bonchev–Trinajstić information content (AvgIpc) is 3.29. The van der Waals surface area contributed by atoms with E-state index in [9.17, 15) is 9.90 Å². The molecule has 0 bridgehead atoms. The second-order valence-electron chi connectivity index (χ2n) is 6.80. The van der Waals surface area contributed by atoms with E-state index in [2.05, 4.69) is 20.4 Å². The van der Waals surface area contributed by atoms with E-state index < -0.39 is 0 Å². The highest BCUT2D eigenvalue weighted by molar-refractivity contribution is 5.95. The van der Waals surface area contributed by atoms with Crippen LogP contribution in [-0.4, -0.2) is 36.9 Å². The van der Waals surface area contributed by atoms with Crippen LogP contribution in [0.5, 0.6) is 0 Å². The van der Waals surface area contributed by atoms with Gasteiger partial charge in [0.25, 0.3) is 5.91 Å². The molecule has 7 nitrogen and oxygen atoms in total. The van der Waals surface area contributed by atoms with Crippen LogP contribution in [-0.2, 0) is 7.05 Å². The first-order valence-corrected chi connectivity index (χ1v) is 8.67. The highest BCUT2D eigenvalue weighted by Crippen LogP contribution is 2.38. The molecule has 7 heteroatoms. The normalized spacial score (nSPS) is 20.4. The van der Waals surface area contributed by atoms with Crippen LogP contribution < -0.4 is 5.32 Å². The van der Waals surface area contributed by atoms with Crippen LogP contribution in [0.3, 0.4) is 0 Å². The zero-order valence-electron chi connectivity index (χ0n) is 14.5. The van der Waals surface area contributed by atoms with Gasteiger partial charge >= 0.3 is 0 Å². The van der Waals surface area contributed by atoms with E-state index in [-0.39, 0.29) is 24.0 Å². The molecule has 2 heterocycles. The van der Waals surface area contributed by atoms with Gasteiger partial charge < -0.3 is 15.4 Å². The van der Waals surface area contributed by atoms with Crippen LogP contribution in [0.2, 0.25) is 0 Å². The van der Waals surface area contributed by atoms with E-state index in [1.807, 2.05) is 31.4 Å². The van der Waals surface area contributed by atoms with Gasteiger partial charge in [-0.15, -0.1) is 0 Å². The van der Waals surface area contributed by atoms with Gasteiger partial charge in [0.2, 0.25) is 0 Å². The van der Waals surface area contributed by atoms with Gasteiger partial charge in [0, 0.05) is 42.3 Å². The molecule has 1 aliphatic carbocycles. The van der Waals surface area contributed by atoms with Gasteiger partial charge in [-0.25, -0.2) is 4.98 Å². The summed E-state index contributed by atoms with van der Waals surface area (Å²) in [4.78, 5) is 20.1. The molecular weight excluding hydrogens is 330 g/mol. The third kappa shape index (κ3) is 3.25. The molecule has 1 aliphatic rings. The maximum atomic E-state index is 12.9. The lowest BCUT2D eigenvalue weighted by Crippen LogP contribution is -2.41. The molecule has 1 unspecified atom stereocenters. The number of aromatic amines is 1. The van der Waals surface area contributed by atoms with E-state index in [0.717, 1.165) is 17.0 Å². The number of hydrogen-bond donors (Lipinski definition) is 3. The summed E-state index contributed by atoms with van der Waals surface area (Å²) < 4.78 is 1.72. The number of imidazole rings is 1. The number of nitrogens with one attached hydrogen (secondary N) is 2. The number of aliphatic hydroxyl groups is 1. The van der Waals surface area contributed by atoms with Crippen molar-refractivity contribution in [1.29, 1.82) is 0 Å². The summed E-state index contributed by atoms with van der Waals surface area (Å²) in [6, 6.07) is 7.21. The minimum atomic E-state index is -0.279. The Kier molecular flexibility index (Phi) is 4.30. The van der Waals surface area contributed by atoms with Gasteiger partial charge in [0.05, 0.1) is 18.3 Å². The lowest BCUT2D eigenvalue weighted by atomic mass is 9.75. The Morgan fingerprint density at radius 3 is 2.92 bits per heavy atom. The quantitative estimate of drug-likeness (QED) is 0.655. The number of nitrogens with zero attached hydrogens (tertiary/aromatic N) is 3. The van der Waals surface area contributed by atoms with Gasteiger partial charge in [0.15, 0.2) is 0 Å². The topological polar surface area (TPSA) is 95.8 Å². The van der Waals surface area contributed by atoms with E-state index in [4.69, 9.17) is 0 Å². The van der Waals surface area contributed by atoms with E-state index in [1.54, 1.807) is 29.3 Å². The number of aliphatic hydroxyl groups excluding tert-OH is 1. The van der Waals surface area contributed by atoms with Gasteiger partial charge in [0.1, 0.15) is 5.82 Å². The largest absolute Gasteiger partial charge is 0.393 e. The number of aryl methyl sites for hydroxylation is 1. The third-order valence-electron chi connectivity index (χ3n) is 4.89. The van der Waals surface area contributed by atoms with Crippen molar-refractivity contribution < 1.29 is 9.90 Å². The Balaban J connectivity index is 1.56. The summed E-state index contributed by atoms with van der Waals surface area (Å²) in [6.07, 6.45) is 8.21. The Labute approximate surface area is 151 Å². The number of carbonyl (C=O) groups excluding carboxylic acids is 1. The number of rotatable bonds is 5. The van der Waals surface area contributed by atoms with Gasteiger partial charge in [-0.2, -0.15) is 5.10 Å². The molecule has 1 saturated carbocycles. The molecule has 134 valence electrons. The number of aromatic nitrogens is 4. The molecule has 0 radical (unpaired) electrons. The van der Waals surface area contributed by atoms with Crippen LogP contribution in [0.1, 0.15) is 34.8 Å². The minimum Gasteiger partial charge on any atom is -0.393 e. The monoisotopic (exact) mass is 351 g/mol. The molecule has 1 fully saturated rings. The predicted octanol–water partition coefficient (Wildman–Crippen LogP) is 2.05. The molecule has 1 amide bonds. The van der Waals surface area contributed by atoms with Crippen LogP contribution in [0.25, 0.3) is 11.4 Å². The zero-order valence-corrected chi connectivity index (χ0v) is 14.5. The number of H-pyrrole nitrogens is 1. The van der Waals surface area contributed by atoms with Gasteiger partial charge in [-0.3, -0.25) is 9.48 Å². The molecule has 0 saturated heterocycles. The summed E-state index contributed by atoms with van der Waals surface area (Å²) >= 11 is 0. The highest BCUT2D eigenvalue weighted by Gasteiger charge is 2.36. The summed E-state index contributed by atoms with van der Waals surface area (Å²) in [6.45, 7) is 0. The van der Waals surface area contributed by atoms with Gasteiger partial charge in [-0.1, -0.05) is 12.1 Å². The molecule has 26 heavy (non-hydrogen) atoms. The fraction of sp³-hybridized carbons (Fsp3) is 0.316. The number of amides is 1. The third-order valence-corrected chi connectivity index (χ3v) is 4.89. The molecule has 0 spiro atoms. The van der Waals surface area contributed by atoms with Crippen LogP contribution >= 0.6 is 0 Å². The molecule has 3 aromatic rings. The summed E-state index contributed by atoms with van der Waals surface area (Å²) in [5.74, 6) is 0.797. The highest BCUT2D eigenvalue weighted by atomic mass is 16.3. The summed E-state index contributed by atoms with van der Waals surface area (Å²) in [5, 5.41) is 17.0. The molecular formula is C19H21N5O2. The molecule has 4 rings (SSSR count). The second kappa shape index (κ2) is 6.76. The molecule has 1 aromatic carbocycles. The van der Waals surface area contributed by atoms with Crippen molar-refractivity contribution >= 4 is 5.91 Å². The van der Waals surface area contributed by atoms with Crippen LogP contribution in [0.4, 0.5) is 0 Å². The fourth-order valence-electron chi connectivity index (χ4n) is 3.43. The van der Waals surface area contributed by atoms with E-state index in [1.165, 1.54) is 0 Å². The number of carbonyl (C=O) groups is 1. The lowest BCUT2D eigenvalue weighted by Gasteiger charge is -2.37. The van der Waals surface area contributed by atoms with Crippen LogP contribution in [0.15, 0.2) is 49.1 Å². The lowest BCUT2D eigenvalue weighted by molar-refractivity contribution is 0.0235. The van der Waals surface area contributed by atoms with E-state index in [0.29, 0.717) is 18.4 Å². The predicted molar refractivity (Wildman–Crippen MR) is 96.2 cm³/mol. The molecule has 2 aromatic heterocycles. The maximum absolute atomic E-state index is 12.9. The average molecular weight is 351 g/mol. The van der Waals surface area contributed by atoms with Crippen molar-refractivity contribution in [2.45, 2.75) is 25.0 Å². The molecule has 0 aliphatic heterocycles. The first kappa shape index (κ1) is 16.5. The Hall–Kier alpha value is -2.93. The van der Waals surface area contributed by atoms with E-state index >= 15 is 0 Å². The SMILES string of the molecule is Cn1cc(C(NC(=O)c2cccc(-c3ncc[nH]3)c2)C2CC(O)C2)cn1. The maximum Gasteiger partial charge on any atom is 0.251 e.